The predicted octanol–water partition coefficient (Wildman–Crippen LogP) is 4.20. The number of nitrogens with two attached hydrogens (primary N) is 1. The van der Waals surface area contributed by atoms with Gasteiger partial charge in [-0.3, -0.25) is 0 Å². The highest BCUT2D eigenvalue weighted by atomic mass is 32.2. The van der Waals surface area contributed by atoms with Gasteiger partial charge in [0.05, 0.1) is 11.1 Å². The Morgan fingerprint density at radius 3 is 2.39 bits per heavy atom. The monoisotopic (exact) mass is 463 g/mol. The van der Waals surface area contributed by atoms with Crippen LogP contribution in [0.5, 0.6) is 0 Å². The summed E-state index contributed by atoms with van der Waals surface area (Å²) in [6, 6.07) is 15.2. The van der Waals surface area contributed by atoms with E-state index in [1.165, 1.54) is 24.5 Å². The lowest BCUT2D eigenvalue weighted by Gasteiger charge is -2.23. The van der Waals surface area contributed by atoms with Crippen LogP contribution >= 0.6 is 0 Å². The zero-order valence-electron chi connectivity index (χ0n) is 18.9. The summed E-state index contributed by atoms with van der Waals surface area (Å²) in [5, 5.41) is 13.1. The second kappa shape index (κ2) is 9.82. The molecule has 0 atom stereocenters. The zero-order valence-corrected chi connectivity index (χ0v) is 19.7. The summed E-state index contributed by atoms with van der Waals surface area (Å²) >= 11 is 0. The van der Waals surface area contributed by atoms with Crippen LogP contribution in [0.4, 0.5) is 0 Å². The van der Waals surface area contributed by atoms with E-state index in [0.717, 1.165) is 29.8 Å². The number of hydrogen-bond donors (Lipinski definition) is 2. The summed E-state index contributed by atoms with van der Waals surface area (Å²) in [5.41, 5.74) is 5.54. The van der Waals surface area contributed by atoms with Gasteiger partial charge < -0.3 is 5.32 Å². The van der Waals surface area contributed by atoms with Gasteiger partial charge in [-0.2, -0.15) is 5.10 Å². The largest absolute Gasteiger partial charge is 0.317 e. The lowest BCUT2D eigenvalue weighted by atomic mass is 9.89. The highest BCUT2D eigenvalue weighted by Gasteiger charge is 2.16. The Bertz CT molecular complexity index is 1340. The number of benzene rings is 2. The van der Waals surface area contributed by atoms with Crippen molar-refractivity contribution in [3.05, 3.63) is 72.7 Å². The molecule has 2 aromatic heterocycles. The molecule has 0 spiro atoms. The third-order valence-electron chi connectivity index (χ3n) is 5.88. The summed E-state index contributed by atoms with van der Waals surface area (Å²) < 4.78 is 25.1. The van der Waals surface area contributed by atoms with E-state index in [0.29, 0.717) is 17.1 Å². The van der Waals surface area contributed by atoms with E-state index < -0.39 is 10.0 Å². The highest BCUT2D eigenvalue weighted by molar-refractivity contribution is 7.89. The highest BCUT2D eigenvalue weighted by Crippen LogP contribution is 2.29. The number of rotatable bonds is 4. The van der Waals surface area contributed by atoms with E-state index >= 15 is 0 Å². The number of aromatic nitrogens is 3. The fourth-order valence-electron chi connectivity index (χ4n) is 4.17. The van der Waals surface area contributed by atoms with Gasteiger partial charge in [0, 0.05) is 23.5 Å². The molecule has 1 fully saturated rings. The number of hydrogen-bond acceptors (Lipinski definition) is 5. The van der Waals surface area contributed by atoms with Crippen molar-refractivity contribution in [2.45, 2.75) is 37.5 Å². The lowest BCUT2D eigenvalue weighted by molar-refractivity contribution is 0.460. The average Bonchev–Trinajstić information content (AvgIpc) is 3.29. The van der Waals surface area contributed by atoms with Crippen LogP contribution < -0.4 is 10.5 Å². The molecule has 7 nitrogen and oxygen atoms in total. The Hall–Kier alpha value is -3.07. The first kappa shape index (κ1) is 23.1. The van der Waals surface area contributed by atoms with Crippen molar-refractivity contribution in [1.29, 1.82) is 0 Å². The standard InChI is InChI=1S/C23H23N5O2S.C2H6/c24-31(29,30)21-3-1-2-19(12-21)22-14-27-28-15-20(13-26-23(22)28)17-6-4-16(5-7-17)18-8-10-25-11-9-18;1-2/h1-7,12-15,18,25H,8-11H2,(H2,24,29,30);1-2H3. The first-order valence-electron chi connectivity index (χ1n) is 11.3. The SMILES string of the molecule is CC.NS(=O)(=O)c1cccc(-c2cnn3cc(-c4ccc(C5CCNCC5)cc4)cnc23)c1. The van der Waals surface area contributed by atoms with E-state index in [-0.39, 0.29) is 4.90 Å². The Kier molecular flexibility index (Phi) is 6.88. The zero-order chi connectivity index (χ0) is 23.4. The molecule has 4 aromatic rings. The van der Waals surface area contributed by atoms with Gasteiger partial charge in [0.25, 0.3) is 0 Å². The van der Waals surface area contributed by atoms with Crippen molar-refractivity contribution in [3.63, 3.8) is 0 Å². The lowest BCUT2D eigenvalue weighted by Crippen LogP contribution is -2.26. The molecule has 0 unspecified atom stereocenters. The van der Waals surface area contributed by atoms with Crippen molar-refractivity contribution in [1.82, 2.24) is 19.9 Å². The van der Waals surface area contributed by atoms with E-state index in [2.05, 4.69) is 39.7 Å². The minimum absolute atomic E-state index is 0.0646. The fraction of sp³-hybridized carbons (Fsp3) is 0.280. The van der Waals surface area contributed by atoms with Crippen molar-refractivity contribution in [3.8, 4) is 22.3 Å². The summed E-state index contributed by atoms with van der Waals surface area (Å²) in [7, 11) is -3.78. The third kappa shape index (κ3) is 4.98. The molecule has 0 bridgehead atoms. The number of primary sulfonamides is 1. The van der Waals surface area contributed by atoms with Crippen LogP contribution in [-0.4, -0.2) is 36.1 Å². The summed E-state index contributed by atoms with van der Waals surface area (Å²) in [6.45, 7) is 6.16. The maximum Gasteiger partial charge on any atom is 0.238 e. The molecule has 1 saturated heterocycles. The van der Waals surface area contributed by atoms with Crippen molar-refractivity contribution in [2.24, 2.45) is 5.14 Å². The van der Waals surface area contributed by atoms with Crippen molar-refractivity contribution < 1.29 is 8.42 Å². The molecular formula is C25H29N5O2S. The smallest absolute Gasteiger partial charge is 0.238 e. The van der Waals surface area contributed by atoms with Crippen LogP contribution in [0.1, 0.15) is 38.2 Å². The number of nitrogens with zero attached hydrogens (tertiary/aromatic N) is 3. The van der Waals surface area contributed by atoms with E-state index in [9.17, 15) is 8.42 Å². The van der Waals surface area contributed by atoms with Gasteiger partial charge in [0.1, 0.15) is 0 Å². The van der Waals surface area contributed by atoms with Gasteiger partial charge in [0.2, 0.25) is 10.0 Å². The van der Waals surface area contributed by atoms with Gasteiger partial charge in [0.15, 0.2) is 5.65 Å². The maximum atomic E-state index is 11.7. The van der Waals surface area contributed by atoms with Crippen LogP contribution in [0.15, 0.2) is 72.0 Å². The molecule has 3 heterocycles. The van der Waals surface area contributed by atoms with Gasteiger partial charge in [-0.15, -0.1) is 0 Å². The van der Waals surface area contributed by atoms with Crippen molar-refractivity contribution >= 4 is 15.7 Å². The summed E-state index contributed by atoms with van der Waals surface area (Å²) in [6.07, 6.45) is 7.80. The minimum atomic E-state index is -3.78. The molecule has 1 aliphatic heterocycles. The molecule has 0 saturated carbocycles. The quantitative estimate of drug-likeness (QED) is 0.472. The van der Waals surface area contributed by atoms with Gasteiger partial charge in [-0.25, -0.2) is 23.1 Å². The molecule has 1 aliphatic rings. The van der Waals surface area contributed by atoms with Crippen LogP contribution in [0, 0.1) is 0 Å². The summed E-state index contributed by atoms with van der Waals surface area (Å²) in [5.74, 6) is 0.623. The Morgan fingerprint density at radius 2 is 1.70 bits per heavy atom. The molecule has 172 valence electrons. The number of nitrogens with one attached hydrogen (secondary N) is 1. The topological polar surface area (TPSA) is 102 Å². The molecule has 5 rings (SSSR count). The second-order valence-electron chi connectivity index (χ2n) is 7.89. The molecule has 0 amide bonds. The third-order valence-corrected chi connectivity index (χ3v) is 6.80. The average molecular weight is 464 g/mol. The van der Waals surface area contributed by atoms with Gasteiger partial charge in [-0.1, -0.05) is 50.2 Å². The Balaban J connectivity index is 0.00000126. The fourth-order valence-corrected chi connectivity index (χ4v) is 4.73. The van der Waals surface area contributed by atoms with Gasteiger partial charge in [-0.05, 0) is 60.7 Å². The molecular weight excluding hydrogens is 434 g/mol. The van der Waals surface area contributed by atoms with E-state index in [1.807, 2.05) is 32.3 Å². The van der Waals surface area contributed by atoms with Crippen molar-refractivity contribution in [2.75, 3.05) is 13.1 Å². The molecule has 33 heavy (non-hydrogen) atoms. The molecule has 2 aromatic carbocycles. The molecule has 0 aliphatic carbocycles. The number of piperidine rings is 1. The van der Waals surface area contributed by atoms with Crippen LogP contribution in [0.25, 0.3) is 27.9 Å². The minimum Gasteiger partial charge on any atom is -0.317 e. The predicted molar refractivity (Wildman–Crippen MR) is 131 cm³/mol. The molecule has 0 radical (unpaired) electrons. The molecule has 3 N–H and O–H groups in total. The van der Waals surface area contributed by atoms with Crippen LogP contribution in [0.2, 0.25) is 0 Å². The number of sulfonamides is 1. The van der Waals surface area contributed by atoms with E-state index in [1.54, 1.807) is 22.8 Å². The molecule has 8 heteroatoms. The van der Waals surface area contributed by atoms with Crippen LogP contribution in [-0.2, 0) is 10.0 Å². The Labute approximate surface area is 194 Å². The van der Waals surface area contributed by atoms with E-state index in [4.69, 9.17) is 5.14 Å². The maximum absolute atomic E-state index is 11.7. The normalized spacial score (nSPS) is 14.6. The first-order chi connectivity index (χ1) is 16.0. The number of fused-ring (bicyclic) bond motifs is 1. The van der Waals surface area contributed by atoms with Gasteiger partial charge >= 0.3 is 0 Å². The first-order valence-corrected chi connectivity index (χ1v) is 12.8. The summed E-state index contributed by atoms with van der Waals surface area (Å²) in [4.78, 5) is 4.67. The Morgan fingerprint density at radius 1 is 0.970 bits per heavy atom. The van der Waals surface area contributed by atoms with Crippen LogP contribution in [0.3, 0.4) is 0 Å². The second-order valence-corrected chi connectivity index (χ2v) is 9.45.